The van der Waals surface area contributed by atoms with Crippen molar-refractivity contribution in [3.8, 4) is 0 Å². The van der Waals surface area contributed by atoms with Gasteiger partial charge < -0.3 is 10.6 Å². The van der Waals surface area contributed by atoms with Crippen LogP contribution in [-0.2, 0) is 0 Å². The molecule has 0 bridgehead atoms. The molecule has 0 aromatic rings. The first-order valence-electron chi connectivity index (χ1n) is 7.16. The zero-order valence-corrected chi connectivity index (χ0v) is 11.0. The van der Waals surface area contributed by atoms with Gasteiger partial charge in [-0.05, 0) is 58.4 Å². The van der Waals surface area contributed by atoms with Gasteiger partial charge in [0.2, 0.25) is 0 Å². The molecule has 94 valence electrons. The Morgan fingerprint density at radius 1 is 1.00 bits per heavy atom. The lowest BCUT2D eigenvalue weighted by molar-refractivity contribution is 0.106. The molecule has 0 radical (unpaired) electrons. The maximum atomic E-state index is 5.98. The molecule has 2 aliphatic rings. The molecule has 16 heavy (non-hydrogen) atoms. The van der Waals surface area contributed by atoms with E-state index in [-0.39, 0.29) is 0 Å². The quantitative estimate of drug-likeness (QED) is 0.798. The third-order valence-electron chi connectivity index (χ3n) is 5.04. The zero-order chi connectivity index (χ0) is 11.5. The summed E-state index contributed by atoms with van der Waals surface area (Å²) in [4.78, 5) is 2.65. The molecular formula is C14H28N2. The monoisotopic (exact) mass is 224 g/mol. The van der Waals surface area contributed by atoms with Gasteiger partial charge in [-0.2, -0.15) is 0 Å². The standard InChI is InChI=1S/C14H28N2/c1-11(12-5-3-4-6-12)16(2)14-9-7-13(15)8-10-14/h11-14H,3-10,15H2,1-2H3. The number of nitrogens with two attached hydrogens (primary N) is 1. The summed E-state index contributed by atoms with van der Waals surface area (Å²) in [6.45, 7) is 2.44. The van der Waals surface area contributed by atoms with Crippen molar-refractivity contribution in [3.05, 3.63) is 0 Å². The van der Waals surface area contributed by atoms with Crippen LogP contribution in [0, 0.1) is 5.92 Å². The molecule has 2 nitrogen and oxygen atoms in total. The largest absolute Gasteiger partial charge is 0.328 e. The van der Waals surface area contributed by atoms with Crippen molar-refractivity contribution in [1.29, 1.82) is 0 Å². The Bertz CT molecular complexity index is 203. The highest BCUT2D eigenvalue weighted by molar-refractivity contribution is 4.85. The van der Waals surface area contributed by atoms with Crippen LogP contribution in [-0.4, -0.2) is 30.1 Å². The summed E-state index contributed by atoms with van der Waals surface area (Å²) in [6, 6.07) is 2.06. The Labute approximate surface area is 101 Å². The molecule has 1 unspecified atom stereocenters. The Balaban J connectivity index is 1.83. The van der Waals surface area contributed by atoms with E-state index in [0.29, 0.717) is 6.04 Å². The summed E-state index contributed by atoms with van der Waals surface area (Å²) in [6.07, 6.45) is 10.9. The zero-order valence-electron chi connectivity index (χ0n) is 11.0. The van der Waals surface area contributed by atoms with Crippen LogP contribution in [0.15, 0.2) is 0 Å². The van der Waals surface area contributed by atoms with Crippen LogP contribution >= 0.6 is 0 Å². The molecule has 0 spiro atoms. The third-order valence-corrected chi connectivity index (χ3v) is 5.04. The maximum Gasteiger partial charge on any atom is 0.00962 e. The second-order valence-electron chi connectivity index (χ2n) is 6.02. The van der Waals surface area contributed by atoms with Crippen LogP contribution in [0.4, 0.5) is 0 Å². The molecule has 0 saturated heterocycles. The Hall–Kier alpha value is -0.0800. The van der Waals surface area contributed by atoms with Crippen LogP contribution in [0.1, 0.15) is 58.3 Å². The van der Waals surface area contributed by atoms with Crippen LogP contribution in [0.25, 0.3) is 0 Å². The molecule has 0 aliphatic heterocycles. The van der Waals surface area contributed by atoms with E-state index >= 15 is 0 Å². The smallest absolute Gasteiger partial charge is 0.00962 e. The van der Waals surface area contributed by atoms with Crippen molar-refractivity contribution < 1.29 is 0 Å². The Morgan fingerprint density at radius 2 is 1.56 bits per heavy atom. The minimum Gasteiger partial charge on any atom is -0.328 e. The van der Waals surface area contributed by atoms with Gasteiger partial charge in [0.05, 0.1) is 0 Å². The number of rotatable bonds is 3. The van der Waals surface area contributed by atoms with Gasteiger partial charge >= 0.3 is 0 Å². The Morgan fingerprint density at radius 3 is 2.12 bits per heavy atom. The minimum atomic E-state index is 0.478. The van der Waals surface area contributed by atoms with Crippen molar-refractivity contribution in [3.63, 3.8) is 0 Å². The molecule has 0 amide bonds. The lowest BCUT2D eigenvalue weighted by Gasteiger charge is -2.39. The fourth-order valence-corrected chi connectivity index (χ4v) is 3.61. The van der Waals surface area contributed by atoms with Crippen LogP contribution < -0.4 is 5.73 Å². The van der Waals surface area contributed by atoms with Gasteiger partial charge in [0.25, 0.3) is 0 Å². The van der Waals surface area contributed by atoms with Gasteiger partial charge in [0.1, 0.15) is 0 Å². The molecule has 0 aromatic heterocycles. The highest BCUT2D eigenvalue weighted by Crippen LogP contribution is 2.32. The molecule has 2 heteroatoms. The first-order chi connectivity index (χ1) is 7.68. The van der Waals surface area contributed by atoms with Gasteiger partial charge in [0, 0.05) is 18.1 Å². The van der Waals surface area contributed by atoms with E-state index in [9.17, 15) is 0 Å². The van der Waals surface area contributed by atoms with Gasteiger partial charge in [-0.25, -0.2) is 0 Å². The van der Waals surface area contributed by atoms with E-state index in [4.69, 9.17) is 5.73 Å². The van der Waals surface area contributed by atoms with Crippen LogP contribution in [0.5, 0.6) is 0 Å². The predicted octanol–water partition coefficient (Wildman–Crippen LogP) is 2.77. The van der Waals surface area contributed by atoms with Crippen LogP contribution in [0.2, 0.25) is 0 Å². The van der Waals surface area contributed by atoms with Crippen molar-refractivity contribution >= 4 is 0 Å². The first-order valence-corrected chi connectivity index (χ1v) is 7.16. The van der Waals surface area contributed by atoms with E-state index in [2.05, 4.69) is 18.9 Å². The van der Waals surface area contributed by atoms with E-state index in [1.807, 2.05) is 0 Å². The van der Waals surface area contributed by atoms with E-state index < -0.39 is 0 Å². The molecule has 0 aromatic carbocycles. The van der Waals surface area contributed by atoms with E-state index in [1.54, 1.807) is 0 Å². The normalized spacial score (nSPS) is 34.5. The number of hydrogen-bond donors (Lipinski definition) is 1. The summed E-state index contributed by atoms with van der Waals surface area (Å²) in [5, 5.41) is 0. The predicted molar refractivity (Wildman–Crippen MR) is 69.4 cm³/mol. The second kappa shape index (κ2) is 5.50. The molecule has 2 N–H and O–H groups in total. The molecular weight excluding hydrogens is 196 g/mol. The van der Waals surface area contributed by atoms with Crippen molar-refractivity contribution in [1.82, 2.24) is 4.90 Å². The molecule has 0 heterocycles. The van der Waals surface area contributed by atoms with Gasteiger partial charge in [-0.1, -0.05) is 12.8 Å². The number of hydrogen-bond acceptors (Lipinski definition) is 2. The molecule has 2 fully saturated rings. The maximum absolute atomic E-state index is 5.98. The summed E-state index contributed by atoms with van der Waals surface area (Å²) in [5.74, 6) is 0.959. The molecule has 2 rings (SSSR count). The van der Waals surface area contributed by atoms with Crippen molar-refractivity contribution in [2.45, 2.75) is 76.4 Å². The number of nitrogens with zero attached hydrogens (tertiary/aromatic N) is 1. The first kappa shape index (κ1) is 12.4. The van der Waals surface area contributed by atoms with Crippen LogP contribution in [0.3, 0.4) is 0 Å². The molecule has 2 aliphatic carbocycles. The summed E-state index contributed by atoms with van der Waals surface area (Å²) >= 11 is 0. The topological polar surface area (TPSA) is 29.3 Å². The minimum absolute atomic E-state index is 0.478. The second-order valence-corrected chi connectivity index (χ2v) is 6.02. The molecule has 2 saturated carbocycles. The highest BCUT2D eigenvalue weighted by atomic mass is 15.2. The Kier molecular flexibility index (Phi) is 4.26. The fraction of sp³-hybridized carbons (Fsp3) is 1.00. The van der Waals surface area contributed by atoms with Gasteiger partial charge in [-0.15, -0.1) is 0 Å². The van der Waals surface area contributed by atoms with E-state index in [0.717, 1.165) is 18.0 Å². The SMILES string of the molecule is CC(C1CCCC1)N(C)C1CCC(N)CC1. The van der Waals surface area contributed by atoms with Gasteiger partial charge in [-0.3, -0.25) is 0 Å². The van der Waals surface area contributed by atoms with Crippen molar-refractivity contribution in [2.75, 3.05) is 7.05 Å². The van der Waals surface area contributed by atoms with Gasteiger partial charge in [0.15, 0.2) is 0 Å². The fourth-order valence-electron chi connectivity index (χ4n) is 3.61. The van der Waals surface area contributed by atoms with Crippen molar-refractivity contribution in [2.24, 2.45) is 11.7 Å². The average Bonchev–Trinajstić information content (AvgIpc) is 2.81. The summed E-state index contributed by atoms with van der Waals surface area (Å²) < 4.78 is 0. The van der Waals surface area contributed by atoms with E-state index in [1.165, 1.54) is 51.4 Å². The summed E-state index contributed by atoms with van der Waals surface area (Å²) in [7, 11) is 2.34. The average molecular weight is 224 g/mol. The lowest BCUT2D eigenvalue weighted by Crippen LogP contribution is -2.45. The molecule has 1 atom stereocenters. The summed E-state index contributed by atoms with van der Waals surface area (Å²) in [5.41, 5.74) is 5.98. The highest BCUT2D eigenvalue weighted by Gasteiger charge is 2.30. The third kappa shape index (κ3) is 2.78. The lowest BCUT2D eigenvalue weighted by atomic mass is 9.88.